The number of thiophene rings is 1. The number of nitrogens with two attached hydrogens (primary N) is 1. The van der Waals surface area contributed by atoms with E-state index in [1.807, 2.05) is 6.92 Å². The predicted octanol–water partition coefficient (Wildman–Crippen LogP) is 1.75. The first-order chi connectivity index (χ1) is 12.5. The number of carbonyl (C=O) groups is 2. The molecular weight excluding hydrogens is 374 g/mol. The van der Waals surface area contributed by atoms with Crippen molar-refractivity contribution in [3.63, 3.8) is 0 Å². The first kappa shape index (κ1) is 18.7. The molecule has 0 unspecified atom stereocenters. The third-order valence-electron chi connectivity index (χ3n) is 4.17. The molecule has 2 aromatic rings. The zero-order chi connectivity index (χ0) is 18.7. The smallest absolute Gasteiger partial charge is 0.343 e. The van der Waals surface area contributed by atoms with Crippen molar-refractivity contribution in [1.82, 2.24) is 14.8 Å². The van der Waals surface area contributed by atoms with Crippen LogP contribution in [-0.2, 0) is 24.2 Å². The molecule has 0 bridgehead atoms. The van der Waals surface area contributed by atoms with Crippen LogP contribution in [0.1, 0.15) is 47.0 Å². The molecule has 0 atom stereocenters. The van der Waals surface area contributed by atoms with E-state index in [1.54, 1.807) is 0 Å². The molecule has 2 amide bonds. The van der Waals surface area contributed by atoms with Crippen molar-refractivity contribution < 1.29 is 9.59 Å². The summed E-state index contributed by atoms with van der Waals surface area (Å²) in [4.78, 5) is 37.0. The maximum atomic E-state index is 12.3. The number of carbonyl (C=O) groups excluding carboxylic acids is 2. The lowest BCUT2D eigenvalue weighted by molar-refractivity contribution is -0.113. The molecule has 140 valence electrons. The van der Waals surface area contributed by atoms with Crippen LogP contribution in [0.2, 0.25) is 0 Å². The molecule has 1 aliphatic rings. The van der Waals surface area contributed by atoms with E-state index >= 15 is 0 Å². The number of anilines is 1. The summed E-state index contributed by atoms with van der Waals surface area (Å²) in [6.45, 7) is 2.51. The van der Waals surface area contributed by atoms with Crippen molar-refractivity contribution in [3.8, 4) is 0 Å². The summed E-state index contributed by atoms with van der Waals surface area (Å²) in [5.41, 5.74) is 6.69. The van der Waals surface area contributed by atoms with Crippen LogP contribution in [0, 0.1) is 0 Å². The summed E-state index contributed by atoms with van der Waals surface area (Å²) in [7, 11) is 0. The van der Waals surface area contributed by atoms with Gasteiger partial charge in [-0.05, 0) is 37.7 Å². The monoisotopic (exact) mass is 395 g/mol. The summed E-state index contributed by atoms with van der Waals surface area (Å²) in [6, 6.07) is 0. The molecule has 4 N–H and O–H groups in total. The molecule has 26 heavy (non-hydrogen) atoms. The Balaban J connectivity index is 1.70. The number of aromatic amines is 1. The zero-order valence-corrected chi connectivity index (χ0v) is 16.1. The van der Waals surface area contributed by atoms with Gasteiger partial charge < -0.3 is 11.1 Å². The van der Waals surface area contributed by atoms with Crippen LogP contribution < -0.4 is 16.7 Å². The Labute approximate surface area is 158 Å². The second-order valence-corrected chi connectivity index (χ2v) is 8.13. The van der Waals surface area contributed by atoms with Crippen LogP contribution in [0.25, 0.3) is 0 Å². The quantitative estimate of drug-likeness (QED) is 0.616. The number of H-pyrrole nitrogens is 1. The van der Waals surface area contributed by atoms with E-state index < -0.39 is 5.91 Å². The lowest BCUT2D eigenvalue weighted by Gasteiger charge is -2.11. The third kappa shape index (κ3) is 3.85. The molecule has 0 aromatic carbocycles. The average molecular weight is 396 g/mol. The lowest BCUT2D eigenvalue weighted by Crippen LogP contribution is -2.20. The molecule has 3 rings (SSSR count). The molecular formula is C16H21N5O3S2. The van der Waals surface area contributed by atoms with E-state index in [9.17, 15) is 14.4 Å². The topological polar surface area (TPSA) is 123 Å². The Morgan fingerprint density at radius 1 is 1.38 bits per heavy atom. The summed E-state index contributed by atoms with van der Waals surface area (Å²) in [5, 5.41) is 10.2. The van der Waals surface area contributed by atoms with Crippen molar-refractivity contribution in [2.45, 2.75) is 50.7 Å². The number of primary amides is 1. The van der Waals surface area contributed by atoms with E-state index in [0.29, 0.717) is 22.3 Å². The van der Waals surface area contributed by atoms with Crippen LogP contribution in [-0.4, -0.2) is 32.3 Å². The third-order valence-corrected chi connectivity index (χ3v) is 6.36. The van der Waals surface area contributed by atoms with Crippen LogP contribution in [0.15, 0.2) is 9.95 Å². The zero-order valence-electron chi connectivity index (χ0n) is 14.5. The Morgan fingerprint density at radius 2 is 2.15 bits per heavy atom. The first-order valence-electron chi connectivity index (χ1n) is 8.53. The second kappa shape index (κ2) is 8.09. The lowest BCUT2D eigenvalue weighted by atomic mass is 9.95. The molecule has 2 heterocycles. The number of amides is 2. The second-order valence-electron chi connectivity index (χ2n) is 6.08. The van der Waals surface area contributed by atoms with Gasteiger partial charge in [0.1, 0.15) is 5.00 Å². The van der Waals surface area contributed by atoms with Crippen LogP contribution in [0.5, 0.6) is 0 Å². The van der Waals surface area contributed by atoms with Gasteiger partial charge in [-0.25, -0.2) is 9.89 Å². The Morgan fingerprint density at radius 3 is 2.88 bits per heavy atom. The fourth-order valence-corrected chi connectivity index (χ4v) is 5.13. The van der Waals surface area contributed by atoms with Crippen LogP contribution >= 0.6 is 23.1 Å². The van der Waals surface area contributed by atoms with Gasteiger partial charge in [0, 0.05) is 11.4 Å². The fraction of sp³-hybridized carbons (Fsp3) is 0.500. The fourth-order valence-electron chi connectivity index (χ4n) is 3.04. The molecule has 0 saturated heterocycles. The van der Waals surface area contributed by atoms with E-state index in [4.69, 9.17) is 5.73 Å². The number of thioether (sulfide) groups is 1. The van der Waals surface area contributed by atoms with Crippen molar-refractivity contribution in [3.05, 3.63) is 26.5 Å². The van der Waals surface area contributed by atoms with E-state index in [0.717, 1.165) is 42.5 Å². The minimum Gasteiger partial charge on any atom is -0.365 e. The highest BCUT2D eigenvalue weighted by Gasteiger charge is 2.25. The Bertz CT molecular complexity index is 883. The van der Waals surface area contributed by atoms with E-state index in [2.05, 4.69) is 15.5 Å². The molecule has 0 spiro atoms. The molecule has 8 nitrogen and oxygen atoms in total. The normalized spacial score (nSPS) is 13.4. The minimum atomic E-state index is -0.503. The molecule has 0 fully saturated rings. The van der Waals surface area contributed by atoms with Gasteiger partial charge in [0.05, 0.1) is 11.3 Å². The minimum absolute atomic E-state index is 0.0920. The van der Waals surface area contributed by atoms with Gasteiger partial charge >= 0.3 is 5.69 Å². The van der Waals surface area contributed by atoms with Gasteiger partial charge in [-0.3, -0.25) is 14.2 Å². The average Bonchev–Trinajstić information content (AvgIpc) is 3.14. The Hall–Kier alpha value is -2.07. The van der Waals surface area contributed by atoms with Crippen molar-refractivity contribution >= 4 is 39.9 Å². The number of rotatable bonds is 7. The number of aromatic nitrogens is 3. The summed E-state index contributed by atoms with van der Waals surface area (Å²) in [5.74, 6) is -0.666. The van der Waals surface area contributed by atoms with Crippen molar-refractivity contribution in [2.75, 3.05) is 11.1 Å². The van der Waals surface area contributed by atoms with Crippen molar-refractivity contribution in [2.24, 2.45) is 5.73 Å². The van der Waals surface area contributed by atoms with Gasteiger partial charge in [-0.15, -0.1) is 16.4 Å². The predicted molar refractivity (Wildman–Crippen MR) is 102 cm³/mol. The highest BCUT2D eigenvalue weighted by molar-refractivity contribution is 7.99. The summed E-state index contributed by atoms with van der Waals surface area (Å²) in [6.07, 6.45) is 4.65. The standard InChI is InChI=1S/C16H21N5O3S2/c1-2-7-21-15(24)19-20-16(21)25-8-11(22)18-14-12(13(17)23)9-5-3-4-6-10(9)26-14/h2-8H2,1H3,(H2,17,23)(H,18,22)(H,19,24). The van der Waals surface area contributed by atoms with Gasteiger partial charge in [-0.1, -0.05) is 18.7 Å². The number of nitrogens with zero attached hydrogens (tertiary/aromatic N) is 2. The summed E-state index contributed by atoms with van der Waals surface area (Å²) >= 11 is 2.62. The van der Waals surface area contributed by atoms with Crippen LogP contribution in [0.4, 0.5) is 5.00 Å². The molecule has 0 saturated carbocycles. The van der Waals surface area contributed by atoms with Gasteiger partial charge in [0.25, 0.3) is 5.91 Å². The molecule has 2 aromatic heterocycles. The highest BCUT2D eigenvalue weighted by Crippen LogP contribution is 2.37. The highest BCUT2D eigenvalue weighted by atomic mass is 32.2. The van der Waals surface area contributed by atoms with E-state index in [1.165, 1.54) is 27.7 Å². The number of hydrogen-bond donors (Lipinski definition) is 3. The molecule has 10 heteroatoms. The first-order valence-corrected chi connectivity index (χ1v) is 10.3. The van der Waals surface area contributed by atoms with E-state index in [-0.39, 0.29) is 17.3 Å². The Kier molecular flexibility index (Phi) is 5.82. The number of fused-ring (bicyclic) bond motifs is 1. The largest absolute Gasteiger partial charge is 0.365 e. The SMILES string of the molecule is CCCn1c(SCC(=O)Nc2sc3c(c2C(N)=O)CCCC3)n[nH]c1=O. The number of aryl methyl sites for hydroxylation is 1. The van der Waals surface area contributed by atoms with Gasteiger partial charge in [0.2, 0.25) is 5.91 Å². The molecule has 1 aliphatic carbocycles. The van der Waals surface area contributed by atoms with Gasteiger partial charge in [0.15, 0.2) is 5.16 Å². The van der Waals surface area contributed by atoms with Gasteiger partial charge in [-0.2, -0.15) is 0 Å². The molecule has 0 radical (unpaired) electrons. The number of nitrogens with one attached hydrogen (secondary N) is 2. The maximum absolute atomic E-state index is 12.3. The van der Waals surface area contributed by atoms with Crippen LogP contribution in [0.3, 0.4) is 0 Å². The van der Waals surface area contributed by atoms with Crippen molar-refractivity contribution in [1.29, 1.82) is 0 Å². The summed E-state index contributed by atoms with van der Waals surface area (Å²) < 4.78 is 1.51. The molecule has 0 aliphatic heterocycles. The number of hydrogen-bond acceptors (Lipinski definition) is 6. The maximum Gasteiger partial charge on any atom is 0.343 e.